The molecule has 1 amide bonds. The van der Waals surface area contributed by atoms with Crippen LogP contribution in [0.3, 0.4) is 0 Å². The summed E-state index contributed by atoms with van der Waals surface area (Å²) in [5, 5.41) is 3.01. The number of nitrogens with one attached hydrogen (secondary N) is 2. The van der Waals surface area contributed by atoms with Crippen molar-refractivity contribution < 1.29 is 4.79 Å². The van der Waals surface area contributed by atoms with Crippen LogP contribution in [0.5, 0.6) is 0 Å². The molecule has 0 saturated heterocycles. The summed E-state index contributed by atoms with van der Waals surface area (Å²) < 4.78 is 0. The average molecular weight is 496 g/mol. The molecule has 0 bridgehead atoms. The summed E-state index contributed by atoms with van der Waals surface area (Å²) >= 11 is 0. The van der Waals surface area contributed by atoms with E-state index in [9.17, 15) is 4.79 Å². The number of hydrogen-bond acceptors (Lipinski definition) is 6. The molecule has 190 valence electrons. The molecule has 5 rings (SSSR count). The molecule has 0 saturated carbocycles. The molecule has 0 spiro atoms. The van der Waals surface area contributed by atoms with Crippen molar-refractivity contribution in [3.8, 4) is 0 Å². The number of benzene rings is 1. The summed E-state index contributed by atoms with van der Waals surface area (Å²) in [6, 6.07) is 13.1. The van der Waals surface area contributed by atoms with Gasteiger partial charge in [0.1, 0.15) is 6.33 Å². The Hall–Kier alpha value is -3.91. The number of aromatic nitrogens is 5. The number of carbonyl (C=O) groups excluding carboxylic acids is 1. The molecule has 2 N–H and O–H groups in total. The van der Waals surface area contributed by atoms with E-state index in [2.05, 4.69) is 60.5 Å². The van der Waals surface area contributed by atoms with Crippen LogP contribution in [0, 0.1) is 13.8 Å². The fourth-order valence-corrected chi connectivity index (χ4v) is 5.16. The van der Waals surface area contributed by atoms with Gasteiger partial charge in [-0.15, -0.1) is 0 Å². The van der Waals surface area contributed by atoms with Crippen LogP contribution in [0.25, 0.3) is 0 Å². The highest BCUT2D eigenvalue weighted by molar-refractivity contribution is 5.96. The van der Waals surface area contributed by atoms with E-state index < -0.39 is 0 Å². The second-order valence-corrected chi connectivity index (χ2v) is 9.67. The first-order valence-corrected chi connectivity index (χ1v) is 12.9. The number of amides is 1. The molecular formula is C29H33N7O. The summed E-state index contributed by atoms with van der Waals surface area (Å²) in [4.78, 5) is 35.8. The third-order valence-corrected chi connectivity index (χ3v) is 7.14. The normalized spacial score (nSPS) is 14.9. The zero-order chi connectivity index (χ0) is 25.6. The number of aromatic amines is 1. The lowest BCUT2D eigenvalue weighted by Crippen LogP contribution is -2.33. The van der Waals surface area contributed by atoms with Crippen LogP contribution >= 0.6 is 0 Å². The zero-order valence-electron chi connectivity index (χ0n) is 21.4. The van der Waals surface area contributed by atoms with Gasteiger partial charge in [-0.25, -0.2) is 15.0 Å². The van der Waals surface area contributed by atoms with E-state index in [-0.39, 0.29) is 5.91 Å². The van der Waals surface area contributed by atoms with Gasteiger partial charge in [-0.05, 0) is 55.9 Å². The first-order chi connectivity index (χ1) is 18.1. The number of hydrogen-bond donors (Lipinski definition) is 2. The summed E-state index contributed by atoms with van der Waals surface area (Å²) in [7, 11) is 0. The minimum Gasteiger partial charge on any atom is -0.348 e. The van der Waals surface area contributed by atoms with E-state index in [1.807, 2.05) is 32.3 Å². The van der Waals surface area contributed by atoms with Crippen molar-refractivity contribution in [2.75, 3.05) is 6.54 Å². The molecule has 1 aliphatic rings. The van der Waals surface area contributed by atoms with Gasteiger partial charge in [-0.1, -0.05) is 30.3 Å². The largest absolute Gasteiger partial charge is 0.348 e. The highest BCUT2D eigenvalue weighted by Gasteiger charge is 2.27. The fraction of sp³-hybridized carbons (Fsp3) is 0.345. The molecule has 1 aliphatic carbocycles. The van der Waals surface area contributed by atoms with Gasteiger partial charge in [0.2, 0.25) is 0 Å². The molecule has 1 aromatic carbocycles. The van der Waals surface area contributed by atoms with Gasteiger partial charge < -0.3 is 10.3 Å². The lowest BCUT2D eigenvalue weighted by Gasteiger charge is -2.35. The number of H-pyrrole nitrogens is 1. The number of imidazole rings is 1. The number of pyridine rings is 1. The molecule has 3 heterocycles. The van der Waals surface area contributed by atoms with Crippen molar-refractivity contribution >= 4 is 5.91 Å². The van der Waals surface area contributed by atoms with Crippen molar-refractivity contribution in [1.29, 1.82) is 0 Å². The van der Waals surface area contributed by atoms with Gasteiger partial charge in [0.25, 0.3) is 5.91 Å². The van der Waals surface area contributed by atoms with Gasteiger partial charge in [-0.2, -0.15) is 0 Å². The Balaban J connectivity index is 1.27. The van der Waals surface area contributed by atoms with Gasteiger partial charge in [0.15, 0.2) is 0 Å². The Bertz CT molecular complexity index is 1310. The number of aryl methyl sites for hydroxylation is 3. The van der Waals surface area contributed by atoms with E-state index >= 15 is 0 Å². The van der Waals surface area contributed by atoms with Gasteiger partial charge in [0.05, 0.1) is 35.0 Å². The molecule has 8 heteroatoms. The van der Waals surface area contributed by atoms with Crippen molar-refractivity contribution in [1.82, 2.24) is 35.1 Å². The maximum atomic E-state index is 12.7. The SMILES string of the molecule is Cc1ncnc(C)c1C(=O)NCc1ccc(CN(CCc2cnc[nH]2)C2CCCc3cccnc32)cc1. The van der Waals surface area contributed by atoms with Gasteiger partial charge in [-0.3, -0.25) is 14.7 Å². The predicted octanol–water partition coefficient (Wildman–Crippen LogP) is 4.26. The van der Waals surface area contributed by atoms with Crippen LogP contribution in [0.4, 0.5) is 0 Å². The number of rotatable bonds is 9. The first-order valence-electron chi connectivity index (χ1n) is 12.9. The zero-order valence-corrected chi connectivity index (χ0v) is 21.4. The van der Waals surface area contributed by atoms with E-state index in [4.69, 9.17) is 4.98 Å². The minimum atomic E-state index is -0.145. The molecule has 4 aromatic rings. The van der Waals surface area contributed by atoms with Crippen LogP contribution in [0.2, 0.25) is 0 Å². The van der Waals surface area contributed by atoms with Crippen LogP contribution in [0.15, 0.2) is 61.4 Å². The third-order valence-electron chi connectivity index (χ3n) is 7.14. The van der Waals surface area contributed by atoms with Crippen molar-refractivity contribution in [2.24, 2.45) is 0 Å². The van der Waals surface area contributed by atoms with E-state index in [1.54, 1.807) is 6.33 Å². The second kappa shape index (κ2) is 11.4. The van der Waals surface area contributed by atoms with Gasteiger partial charge in [0, 0.05) is 44.1 Å². The Kier molecular flexibility index (Phi) is 7.65. The lowest BCUT2D eigenvalue weighted by atomic mass is 9.90. The summed E-state index contributed by atoms with van der Waals surface area (Å²) in [5.41, 5.74) is 7.95. The van der Waals surface area contributed by atoms with E-state index in [0.717, 1.165) is 43.6 Å². The van der Waals surface area contributed by atoms with E-state index in [0.29, 0.717) is 29.5 Å². The summed E-state index contributed by atoms with van der Waals surface area (Å²) in [5.74, 6) is -0.145. The van der Waals surface area contributed by atoms with E-state index in [1.165, 1.54) is 29.6 Å². The Morgan fingerprint density at radius 1 is 1.08 bits per heavy atom. The van der Waals surface area contributed by atoms with Crippen molar-refractivity contribution in [3.05, 3.63) is 106 Å². The molecule has 1 atom stereocenters. The molecular weight excluding hydrogens is 462 g/mol. The molecule has 8 nitrogen and oxygen atoms in total. The lowest BCUT2D eigenvalue weighted by molar-refractivity contribution is 0.0948. The van der Waals surface area contributed by atoms with Crippen LogP contribution in [0.1, 0.15) is 68.7 Å². The number of nitrogens with zero attached hydrogens (tertiary/aromatic N) is 5. The van der Waals surface area contributed by atoms with Crippen molar-refractivity contribution in [3.63, 3.8) is 0 Å². The maximum Gasteiger partial charge on any atom is 0.255 e. The second-order valence-electron chi connectivity index (χ2n) is 9.67. The van der Waals surface area contributed by atoms with Crippen LogP contribution in [-0.2, 0) is 25.9 Å². The number of fused-ring (bicyclic) bond motifs is 1. The number of carbonyl (C=O) groups is 1. The standard InChI is InChI=1S/C29H33N7O/c1-20-27(21(2)34-19-33-20)29(37)32-15-22-8-10-23(11-9-22)17-36(14-12-25-16-30-18-35-25)26-7-3-5-24-6-4-13-31-28(24)26/h4,6,8-11,13,16,18-19,26H,3,5,7,12,14-15,17H2,1-2H3,(H,30,35)(H,32,37). The predicted molar refractivity (Wildman–Crippen MR) is 142 cm³/mol. The minimum absolute atomic E-state index is 0.145. The quantitative estimate of drug-likeness (QED) is 0.360. The summed E-state index contributed by atoms with van der Waals surface area (Å²) in [6.07, 6.45) is 11.3. The highest BCUT2D eigenvalue weighted by atomic mass is 16.1. The smallest absolute Gasteiger partial charge is 0.255 e. The molecule has 37 heavy (non-hydrogen) atoms. The monoisotopic (exact) mass is 495 g/mol. The average Bonchev–Trinajstić information content (AvgIpc) is 3.44. The third kappa shape index (κ3) is 5.91. The Morgan fingerprint density at radius 2 is 1.86 bits per heavy atom. The van der Waals surface area contributed by atoms with Crippen molar-refractivity contribution in [2.45, 2.75) is 58.7 Å². The molecule has 0 fully saturated rings. The fourth-order valence-electron chi connectivity index (χ4n) is 5.16. The molecule has 0 aliphatic heterocycles. The van der Waals surface area contributed by atoms with Crippen LogP contribution in [-0.4, -0.2) is 42.3 Å². The highest BCUT2D eigenvalue weighted by Crippen LogP contribution is 2.33. The Morgan fingerprint density at radius 3 is 2.62 bits per heavy atom. The molecule has 0 radical (unpaired) electrons. The Labute approximate surface area is 217 Å². The molecule has 3 aromatic heterocycles. The topological polar surface area (TPSA) is 99.7 Å². The van der Waals surface area contributed by atoms with Crippen LogP contribution < -0.4 is 5.32 Å². The maximum absolute atomic E-state index is 12.7. The first kappa shape index (κ1) is 24.8. The van der Waals surface area contributed by atoms with Gasteiger partial charge >= 0.3 is 0 Å². The molecule has 1 unspecified atom stereocenters. The summed E-state index contributed by atoms with van der Waals surface area (Å²) in [6.45, 7) is 5.86.